The molecule has 0 radical (unpaired) electrons. The van der Waals surface area contributed by atoms with E-state index in [2.05, 4.69) is 22.2 Å². The maximum Gasteiger partial charge on any atom is 0.261 e. The number of carbonyl (C=O) groups is 1. The van der Waals surface area contributed by atoms with E-state index < -0.39 is 10.0 Å². The molecule has 0 aliphatic heterocycles. The predicted octanol–water partition coefficient (Wildman–Crippen LogP) is 4.17. The number of anilines is 1. The average molecular weight is 439 g/mol. The van der Waals surface area contributed by atoms with Gasteiger partial charge >= 0.3 is 0 Å². The third kappa shape index (κ3) is 6.08. The number of amides is 1. The Bertz CT molecular complexity index is 1130. The smallest absolute Gasteiger partial charge is 0.261 e. The van der Waals surface area contributed by atoms with E-state index in [4.69, 9.17) is 4.74 Å². The van der Waals surface area contributed by atoms with Crippen LogP contribution in [-0.2, 0) is 16.4 Å². The van der Waals surface area contributed by atoms with Crippen molar-refractivity contribution in [3.63, 3.8) is 0 Å². The highest BCUT2D eigenvalue weighted by atomic mass is 32.2. The number of nitrogens with one attached hydrogen (secondary N) is 2. The van der Waals surface area contributed by atoms with Gasteiger partial charge in [0.15, 0.2) is 0 Å². The SMILES string of the molecule is COc1ccc(S(=O)(=O)Nc2ccc(C(=O)NCCCc3ccccc3)cc2C)cc1. The first-order valence-electron chi connectivity index (χ1n) is 9.99. The van der Waals surface area contributed by atoms with Crippen LogP contribution in [-0.4, -0.2) is 28.0 Å². The number of methoxy groups -OCH3 is 1. The molecular formula is C24H26N2O4S. The van der Waals surface area contributed by atoms with Crippen molar-refractivity contribution in [3.05, 3.63) is 89.5 Å². The van der Waals surface area contributed by atoms with Crippen molar-refractivity contribution >= 4 is 21.6 Å². The lowest BCUT2D eigenvalue weighted by Gasteiger charge is -2.12. The quantitative estimate of drug-likeness (QED) is 0.491. The highest BCUT2D eigenvalue weighted by Crippen LogP contribution is 2.22. The van der Waals surface area contributed by atoms with Gasteiger partial charge in [-0.1, -0.05) is 30.3 Å². The van der Waals surface area contributed by atoms with Crippen LogP contribution in [0.2, 0.25) is 0 Å². The summed E-state index contributed by atoms with van der Waals surface area (Å²) in [5.41, 5.74) is 2.82. The summed E-state index contributed by atoms with van der Waals surface area (Å²) in [6.45, 7) is 2.33. The summed E-state index contributed by atoms with van der Waals surface area (Å²) in [6.07, 6.45) is 1.74. The van der Waals surface area contributed by atoms with Crippen molar-refractivity contribution in [2.45, 2.75) is 24.7 Å². The Morgan fingerprint density at radius 2 is 1.68 bits per heavy atom. The molecule has 3 aromatic rings. The number of ether oxygens (including phenoxy) is 1. The first-order valence-corrected chi connectivity index (χ1v) is 11.5. The van der Waals surface area contributed by atoms with Crippen molar-refractivity contribution < 1.29 is 17.9 Å². The van der Waals surface area contributed by atoms with E-state index in [-0.39, 0.29) is 10.8 Å². The van der Waals surface area contributed by atoms with E-state index in [9.17, 15) is 13.2 Å². The van der Waals surface area contributed by atoms with Gasteiger partial charge in [0.1, 0.15) is 5.75 Å². The van der Waals surface area contributed by atoms with Crippen molar-refractivity contribution in [2.75, 3.05) is 18.4 Å². The summed E-state index contributed by atoms with van der Waals surface area (Å²) in [6, 6.07) is 21.2. The number of sulfonamides is 1. The summed E-state index contributed by atoms with van der Waals surface area (Å²) in [5, 5.41) is 2.91. The third-order valence-corrected chi connectivity index (χ3v) is 6.25. The lowest BCUT2D eigenvalue weighted by atomic mass is 10.1. The third-order valence-electron chi connectivity index (χ3n) is 4.87. The van der Waals surface area contributed by atoms with E-state index in [1.54, 1.807) is 37.3 Å². The highest BCUT2D eigenvalue weighted by Gasteiger charge is 2.16. The fourth-order valence-corrected chi connectivity index (χ4v) is 4.25. The minimum atomic E-state index is -3.74. The van der Waals surface area contributed by atoms with E-state index in [0.717, 1.165) is 12.8 Å². The molecule has 3 rings (SSSR count). The number of aryl methyl sites for hydroxylation is 2. The zero-order valence-electron chi connectivity index (χ0n) is 17.6. The van der Waals surface area contributed by atoms with Gasteiger partial charge in [-0.3, -0.25) is 9.52 Å². The zero-order chi connectivity index (χ0) is 22.3. The second-order valence-electron chi connectivity index (χ2n) is 7.16. The van der Waals surface area contributed by atoms with E-state index >= 15 is 0 Å². The molecule has 1 amide bonds. The monoisotopic (exact) mass is 438 g/mol. The zero-order valence-corrected chi connectivity index (χ0v) is 18.4. The minimum absolute atomic E-state index is 0.132. The second-order valence-corrected chi connectivity index (χ2v) is 8.84. The van der Waals surface area contributed by atoms with Crippen LogP contribution in [0.3, 0.4) is 0 Å². The van der Waals surface area contributed by atoms with Crippen molar-refractivity contribution in [2.24, 2.45) is 0 Å². The van der Waals surface area contributed by atoms with Gasteiger partial charge in [-0.15, -0.1) is 0 Å². The summed E-state index contributed by atoms with van der Waals surface area (Å²) in [5.74, 6) is 0.398. The molecule has 0 heterocycles. The van der Waals surface area contributed by atoms with Crippen LogP contribution in [0.4, 0.5) is 5.69 Å². The largest absolute Gasteiger partial charge is 0.497 e. The van der Waals surface area contributed by atoms with Crippen molar-refractivity contribution in [1.29, 1.82) is 0 Å². The average Bonchev–Trinajstić information content (AvgIpc) is 2.78. The summed E-state index contributed by atoms with van der Waals surface area (Å²) in [4.78, 5) is 12.6. The molecule has 0 aliphatic carbocycles. The molecule has 0 atom stereocenters. The maximum absolute atomic E-state index is 12.6. The lowest BCUT2D eigenvalue weighted by molar-refractivity contribution is 0.0953. The molecule has 0 saturated heterocycles. The van der Waals surface area contributed by atoms with Gasteiger partial charge in [-0.25, -0.2) is 8.42 Å². The van der Waals surface area contributed by atoms with Crippen LogP contribution in [0.1, 0.15) is 27.9 Å². The number of hydrogen-bond donors (Lipinski definition) is 2. The van der Waals surface area contributed by atoms with E-state index in [0.29, 0.717) is 29.1 Å². The molecule has 0 aliphatic rings. The summed E-state index contributed by atoms with van der Waals surface area (Å²) in [7, 11) is -2.22. The molecule has 0 aromatic heterocycles. The Balaban J connectivity index is 1.59. The van der Waals surface area contributed by atoms with Gasteiger partial charge in [0.05, 0.1) is 17.7 Å². The lowest BCUT2D eigenvalue weighted by Crippen LogP contribution is -2.25. The van der Waals surface area contributed by atoms with Crippen molar-refractivity contribution in [1.82, 2.24) is 5.32 Å². The molecule has 162 valence electrons. The van der Waals surface area contributed by atoms with Crippen LogP contribution in [0.5, 0.6) is 5.75 Å². The Hall–Kier alpha value is -3.32. The molecule has 2 N–H and O–H groups in total. The number of hydrogen-bond acceptors (Lipinski definition) is 4. The Kier molecular flexibility index (Phi) is 7.31. The highest BCUT2D eigenvalue weighted by molar-refractivity contribution is 7.92. The van der Waals surface area contributed by atoms with Gasteiger partial charge in [0, 0.05) is 12.1 Å². The Morgan fingerprint density at radius 3 is 2.32 bits per heavy atom. The minimum Gasteiger partial charge on any atom is -0.497 e. The van der Waals surface area contributed by atoms with E-state index in [1.807, 2.05) is 18.2 Å². The molecule has 31 heavy (non-hydrogen) atoms. The van der Waals surface area contributed by atoms with Gasteiger partial charge in [0.2, 0.25) is 0 Å². The molecule has 0 unspecified atom stereocenters. The van der Waals surface area contributed by atoms with E-state index in [1.165, 1.54) is 24.8 Å². The Morgan fingerprint density at radius 1 is 0.968 bits per heavy atom. The maximum atomic E-state index is 12.6. The molecule has 0 saturated carbocycles. The van der Waals surface area contributed by atoms with Gasteiger partial charge < -0.3 is 10.1 Å². The second kappa shape index (κ2) is 10.1. The molecule has 0 bridgehead atoms. The number of benzene rings is 3. The molecule has 7 heteroatoms. The van der Waals surface area contributed by atoms with Crippen LogP contribution in [0.25, 0.3) is 0 Å². The summed E-state index contributed by atoms with van der Waals surface area (Å²) >= 11 is 0. The number of carbonyl (C=O) groups excluding carboxylic acids is 1. The first-order chi connectivity index (χ1) is 14.9. The predicted molar refractivity (Wildman–Crippen MR) is 122 cm³/mol. The van der Waals surface area contributed by atoms with Gasteiger partial charge in [-0.2, -0.15) is 0 Å². The topological polar surface area (TPSA) is 84.5 Å². The van der Waals surface area contributed by atoms with Gasteiger partial charge in [0.25, 0.3) is 15.9 Å². The fraction of sp³-hybridized carbons (Fsp3) is 0.208. The Labute approximate surface area is 183 Å². The molecule has 0 spiro atoms. The van der Waals surface area contributed by atoms with Crippen LogP contribution >= 0.6 is 0 Å². The molecule has 3 aromatic carbocycles. The standard InChI is InChI=1S/C24H26N2O4S/c1-18-17-20(24(27)25-16-6-9-19-7-4-3-5-8-19)10-15-23(18)26-31(28,29)22-13-11-21(30-2)12-14-22/h3-5,7-8,10-15,17,26H,6,9,16H2,1-2H3,(H,25,27). The summed E-state index contributed by atoms with van der Waals surface area (Å²) < 4.78 is 32.9. The van der Waals surface area contributed by atoms with Gasteiger partial charge in [-0.05, 0) is 73.4 Å². The fourth-order valence-electron chi connectivity index (χ4n) is 3.12. The van der Waals surface area contributed by atoms with Crippen LogP contribution < -0.4 is 14.8 Å². The molecular weight excluding hydrogens is 412 g/mol. The number of rotatable bonds is 9. The van der Waals surface area contributed by atoms with Crippen molar-refractivity contribution in [3.8, 4) is 5.75 Å². The molecule has 6 nitrogen and oxygen atoms in total. The van der Waals surface area contributed by atoms with Crippen LogP contribution in [0.15, 0.2) is 77.7 Å². The first kappa shape index (κ1) is 22.4. The normalized spacial score (nSPS) is 11.0. The molecule has 0 fully saturated rings. The van der Waals surface area contributed by atoms with Crippen LogP contribution in [0, 0.1) is 6.92 Å².